The van der Waals surface area contributed by atoms with Gasteiger partial charge in [0.2, 0.25) is 5.91 Å². The first-order chi connectivity index (χ1) is 12.6. The molecule has 0 aliphatic carbocycles. The van der Waals surface area contributed by atoms with Crippen LogP contribution in [0.3, 0.4) is 0 Å². The van der Waals surface area contributed by atoms with Gasteiger partial charge in [0.15, 0.2) is 0 Å². The summed E-state index contributed by atoms with van der Waals surface area (Å²) in [6.07, 6.45) is 5.80. The van der Waals surface area contributed by atoms with Crippen LogP contribution in [0.4, 0.5) is 0 Å². The summed E-state index contributed by atoms with van der Waals surface area (Å²) in [4.78, 5) is 12.1. The van der Waals surface area contributed by atoms with E-state index in [-0.39, 0.29) is 11.9 Å². The lowest BCUT2D eigenvalue weighted by atomic mass is 10.0. The van der Waals surface area contributed by atoms with E-state index in [0.29, 0.717) is 6.42 Å². The molecule has 0 aliphatic rings. The van der Waals surface area contributed by atoms with Crippen LogP contribution in [0.5, 0.6) is 0 Å². The minimum atomic E-state index is 0.0854. The Morgan fingerprint density at radius 1 is 1.04 bits per heavy atom. The number of hydrogen-bond donors (Lipinski definition) is 1. The van der Waals surface area contributed by atoms with Crippen molar-refractivity contribution in [1.82, 2.24) is 15.1 Å². The lowest BCUT2D eigenvalue weighted by Gasteiger charge is -2.14. The van der Waals surface area contributed by atoms with E-state index in [2.05, 4.69) is 46.8 Å². The molecule has 26 heavy (non-hydrogen) atoms. The van der Waals surface area contributed by atoms with Gasteiger partial charge in [-0.3, -0.25) is 9.48 Å². The van der Waals surface area contributed by atoms with Crippen LogP contribution >= 0.6 is 0 Å². The SMILES string of the molecule is C[C@@H](Cc1ccc(-c2ccccc2)cc1)NC(=O)CCc1cnn(C)c1. The Hall–Kier alpha value is -2.88. The van der Waals surface area contributed by atoms with Gasteiger partial charge in [0.05, 0.1) is 6.20 Å². The van der Waals surface area contributed by atoms with Gasteiger partial charge < -0.3 is 5.32 Å². The molecule has 2 aromatic carbocycles. The lowest BCUT2D eigenvalue weighted by molar-refractivity contribution is -0.121. The monoisotopic (exact) mass is 347 g/mol. The molecule has 0 spiro atoms. The van der Waals surface area contributed by atoms with Crippen LogP contribution in [0.15, 0.2) is 67.0 Å². The molecular formula is C22H25N3O. The Labute approximate surface area is 154 Å². The quantitative estimate of drug-likeness (QED) is 0.707. The summed E-state index contributed by atoms with van der Waals surface area (Å²) in [6, 6.07) is 19.0. The molecule has 0 aliphatic heterocycles. The maximum Gasteiger partial charge on any atom is 0.220 e. The largest absolute Gasteiger partial charge is 0.353 e. The fraction of sp³-hybridized carbons (Fsp3) is 0.273. The Morgan fingerprint density at radius 3 is 2.38 bits per heavy atom. The van der Waals surface area contributed by atoms with Crippen molar-refractivity contribution in [2.75, 3.05) is 0 Å². The van der Waals surface area contributed by atoms with E-state index >= 15 is 0 Å². The number of benzene rings is 2. The smallest absolute Gasteiger partial charge is 0.220 e. The first-order valence-corrected chi connectivity index (χ1v) is 9.01. The second-order valence-electron chi connectivity index (χ2n) is 6.76. The molecular weight excluding hydrogens is 322 g/mol. The standard InChI is InChI=1S/C22H25N3O/c1-17(24-22(26)13-10-19-15-23-25(2)16-19)14-18-8-11-21(12-9-18)20-6-4-3-5-7-20/h3-9,11-12,15-17H,10,13-14H2,1-2H3,(H,24,26)/t17-/m0/s1. The van der Waals surface area contributed by atoms with Gasteiger partial charge in [-0.05, 0) is 42.0 Å². The molecule has 0 unspecified atom stereocenters. The van der Waals surface area contributed by atoms with E-state index < -0.39 is 0 Å². The number of aryl methyl sites for hydroxylation is 2. The molecule has 3 aromatic rings. The molecule has 4 nitrogen and oxygen atoms in total. The highest BCUT2D eigenvalue weighted by Crippen LogP contribution is 2.19. The van der Waals surface area contributed by atoms with Crippen molar-refractivity contribution < 1.29 is 4.79 Å². The summed E-state index contributed by atoms with van der Waals surface area (Å²) in [5.41, 5.74) is 4.75. The van der Waals surface area contributed by atoms with Crippen LogP contribution in [0.2, 0.25) is 0 Å². The number of amides is 1. The molecule has 4 heteroatoms. The number of carbonyl (C=O) groups excluding carboxylic acids is 1. The molecule has 1 N–H and O–H groups in total. The van der Waals surface area contributed by atoms with Crippen molar-refractivity contribution in [3.63, 3.8) is 0 Å². The maximum atomic E-state index is 12.1. The Balaban J connectivity index is 1.48. The van der Waals surface area contributed by atoms with E-state index in [1.165, 1.54) is 16.7 Å². The topological polar surface area (TPSA) is 46.9 Å². The average molecular weight is 347 g/mol. The molecule has 1 amide bonds. The van der Waals surface area contributed by atoms with E-state index in [0.717, 1.165) is 18.4 Å². The second-order valence-corrected chi connectivity index (χ2v) is 6.76. The van der Waals surface area contributed by atoms with Gasteiger partial charge in [0, 0.05) is 25.7 Å². The summed E-state index contributed by atoms with van der Waals surface area (Å²) in [5.74, 6) is 0.0854. The lowest BCUT2D eigenvalue weighted by Crippen LogP contribution is -2.34. The minimum absolute atomic E-state index is 0.0854. The van der Waals surface area contributed by atoms with Crippen LogP contribution in [0.1, 0.15) is 24.5 Å². The summed E-state index contributed by atoms with van der Waals surface area (Å²) >= 11 is 0. The van der Waals surface area contributed by atoms with Crippen molar-refractivity contribution in [2.24, 2.45) is 7.05 Å². The first kappa shape index (κ1) is 17.9. The van der Waals surface area contributed by atoms with E-state index in [9.17, 15) is 4.79 Å². The summed E-state index contributed by atoms with van der Waals surface area (Å²) < 4.78 is 1.76. The third-order valence-electron chi connectivity index (χ3n) is 4.41. The number of nitrogens with zero attached hydrogens (tertiary/aromatic N) is 2. The highest BCUT2D eigenvalue weighted by atomic mass is 16.1. The fourth-order valence-electron chi connectivity index (χ4n) is 3.07. The van der Waals surface area contributed by atoms with Crippen molar-refractivity contribution in [3.8, 4) is 11.1 Å². The number of hydrogen-bond acceptors (Lipinski definition) is 2. The Bertz CT molecular complexity index is 837. The van der Waals surface area contributed by atoms with Gasteiger partial charge in [0.25, 0.3) is 0 Å². The summed E-state index contributed by atoms with van der Waals surface area (Å²) in [5, 5.41) is 7.21. The number of nitrogens with one attached hydrogen (secondary N) is 1. The molecule has 1 heterocycles. The van der Waals surface area contributed by atoms with Gasteiger partial charge in [0.1, 0.15) is 0 Å². The summed E-state index contributed by atoms with van der Waals surface area (Å²) in [6.45, 7) is 2.05. The molecule has 0 radical (unpaired) electrons. The van der Waals surface area contributed by atoms with Crippen molar-refractivity contribution in [2.45, 2.75) is 32.2 Å². The van der Waals surface area contributed by atoms with E-state index in [4.69, 9.17) is 0 Å². The van der Waals surface area contributed by atoms with Gasteiger partial charge >= 0.3 is 0 Å². The average Bonchev–Trinajstić information content (AvgIpc) is 3.07. The highest BCUT2D eigenvalue weighted by molar-refractivity contribution is 5.76. The molecule has 134 valence electrons. The molecule has 0 saturated heterocycles. The predicted molar refractivity (Wildman–Crippen MR) is 105 cm³/mol. The van der Waals surface area contributed by atoms with E-state index in [1.54, 1.807) is 4.68 Å². The Kier molecular flexibility index (Phi) is 5.84. The maximum absolute atomic E-state index is 12.1. The first-order valence-electron chi connectivity index (χ1n) is 9.01. The van der Waals surface area contributed by atoms with Crippen molar-refractivity contribution in [3.05, 3.63) is 78.1 Å². The third kappa shape index (κ3) is 5.06. The van der Waals surface area contributed by atoms with E-state index in [1.807, 2.05) is 44.6 Å². The molecule has 1 atom stereocenters. The second kappa shape index (κ2) is 8.48. The van der Waals surface area contributed by atoms with Crippen LogP contribution in [0, 0.1) is 0 Å². The molecule has 1 aromatic heterocycles. The highest BCUT2D eigenvalue weighted by Gasteiger charge is 2.09. The third-order valence-corrected chi connectivity index (χ3v) is 4.41. The molecule has 3 rings (SSSR count). The van der Waals surface area contributed by atoms with Gasteiger partial charge in [-0.1, -0.05) is 54.6 Å². The zero-order valence-electron chi connectivity index (χ0n) is 15.4. The van der Waals surface area contributed by atoms with Crippen LogP contribution < -0.4 is 5.32 Å². The van der Waals surface area contributed by atoms with Crippen LogP contribution in [0.25, 0.3) is 11.1 Å². The summed E-state index contributed by atoms with van der Waals surface area (Å²) in [7, 11) is 1.88. The van der Waals surface area contributed by atoms with Crippen LogP contribution in [-0.4, -0.2) is 21.7 Å². The Morgan fingerprint density at radius 2 is 1.73 bits per heavy atom. The molecule has 0 bridgehead atoms. The molecule has 0 saturated carbocycles. The zero-order chi connectivity index (χ0) is 18.4. The van der Waals surface area contributed by atoms with Crippen molar-refractivity contribution in [1.29, 1.82) is 0 Å². The van der Waals surface area contributed by atoms with Crippen molar-refractivity contribution >= 4 is 5.91 Å². The number of rotatable bonds is 7. The number of carbonyl (C=O) groups is 1. The van der Waals surface area contributed by atoms with Crippen LogP contribution in [-0.2, 0) is 24.7 Å². The normalized spacial score (nSPS) is 11.9. The fourth-order valence-corrected chi connectivity index (χ4v) is 3.07. The van der Waals surface area contributed by atoms with Gasteiger partial charge in [-0.15, -0.1) is 0 Å². The van der Waals surface area contributed by atoms with Gasteiger partial charge in [-0.25, -0.2) is 0 Å². The molecule has 0 fully saturated rings. The predicted octanol–water partition coefficient (Wildman–Crippen LogP) is 3.77. The van der Waals surface area contributed by atoms with Gasteiger partial charge in [-0.2, -0.15) is 5.10 Å². The number of aromatic nitrogens is 2. The minimum Gasteiger partial charge on any atom is -0.353 e. The zero-order valence-corrected chi connectivity index (χ0v) is 15.4.